The van der Waals surface area contributed by atoms with Gasteiger partial charge in [-0.15, -0.1) is 10.1 Å². The van der Waals surface area contributed by atoms with Crippen molar-refractivity contribution in [3.63, 3.8) is 0 Å². The van der Waals surface area contributed by atoms with Gasteiger partial charge < -0.3 is 9.68 Å². The molecule has 4 amide bonds. The molecule has 3 aliphatic rings. The third-order valence-electron chi connectivity index (χ3n) is 4.50. The molecule has 0 aromatic carbocycles. The van der Waals surface area contributed by atoms with Crippen LogP contribution in [-0.4, -0.2) is 45.7 Å². The maximum absolute atomic E-state index is 12.2. The van der Waals surface area contributed by atoms with Crippen LogP contribution in [0.25, 0.3) is 0 Å². The van der Waals surface area contributed by atoms with Gasteiger partial charge in [0.15, 0.2) is 0 Å². The second kappa shape index (κ2) is 6.61. The first-order chi connectivity index (χ1) is 11.9. The van der Waals surface area contributed by atoms with E-state index in [-0.39, 0.29) is 25.7 Å². The monoisotopic (exact) mass is 352 g/mol. The first-order valence-electron chi connectivity index (χ1n) is 8.03. The molecule has 2 unspecified atom stereocenters. The standard InChI is InChI=1S/C15H16N2O8/c18-10-4-5-11(19)16(10)24-14(22)8-2-1-3-9(8)15(23)25-17-12(20)6-7-13(17)21/h8-9H,1-7H2. The number of hydrogen-bond acceptors (Lipinski definition) is 8. The third-order valence-corrected chi connectivity index (χ3v) is 4.50. The maximum atomic E-state index is 12.2. The van der Waals surface area contributed by atoms with E-state index in [1.54, 1.807) is 0 Å². The van der Waals surface area contributed by atoms with Crippen LogP contribution >= 0.6 is 0 Å². The first kappa shape index (κ1) is 17.1. The number of carbonyl (C=O) groups excluding carboxylic acids is 6. The van der Waals surface area contributed by atoms with Gasteiger partial charge in [-0.25, -0.2) is 9.59 Å². The van der Waals surface area contributed by atoms with Crippen molar-refractivity contribution in [2.24, 2.45) is 11.8 Å². The molecule has 1 saturated carbocycles. The topological polar surface area (TPSA) is 127 Å². The van der Waals surface area contributed by atoms with Crippen LogP contribution in [0.15, 0.2) is 0 Å². The average molecular weight is 352 g/mol. The Bertz CT molecular complexity index is 584. The van der Waals surface area contributed by atoms with Crippen molar-refractivity contribution in [1.29, 1.82) is 0 Å². The molecule has 134 valence electrons. The lowest BCUT2D eigenvalue weighted by atomic mass is 9.96. The SMILES string of the molecule is O=C(ON1C(=O)CCC1=O)C1CCCC1C(=O)ON1C(=O)CCC1=O. The van der Waals surface area contributed by atoms with Crippen LogP contribution in [0.3, 0.4) is 0 Å². The number of hydroxylamine groups is 4. The molecular formula is C15H16N2O8. The van der Waals surface area contributed by atoms with E-state index >= 15 is 0 Å². The van der Waals surface area contributed by atoms with Crippen LogP contribution in [0.4, 0.5) is 0 Å². The molecule has 3 fully saturated rings. The summed E-state index contributed by atoms with van der Waals surface area (Å²) < 4.78 is 0. The van der Waals surface area contributed by atoms with E-state index in [0.717, 1.165) is 0 Å². The highest BCUT2D eigenvalue weighted by Crippen LogP contribution is 2.34. The predicted molar refractivity (Wildman–Crippen MR) is 75.2 cm³/mol. The molecule has 2 aliphatic heterocycles. The van der Waals surface area contributed by atoms with Gasteiger partial charge in [0, 0.05) is 25.7 Å². The lowest BCUT2D eigenvalue weighted by Gasteiger charge is -2.21. The molecule has 0 N–H and O–H groups in total. The zero-order chi connectivity index (χ0) is 18.1. The number of amides is 4. The molecule has 2 heterocycles. The third kappa shape index (κ3) is 3.24. The Hall–Kier alpha value is -2.78. The molecule has 1 aliphatic carbocycles. The lowest BCUT2D eigenvalue weighted by Crippen LogP contribution is -2.39. The normalized spacial score (nSPS) is 26.6. The Morgan fingerprint density at radius 3 is 1.32 bits per heavy atom. The van der Waals surface area contributed by atoms with Crippen LogP contribution < -0.4 is 0 Å². The van der Waals surface area contributed by atoms with Crippen LogP contribution in [0.5, 0.6) is 0 Å². The molecule has 25 heavy (non-hydrogen) atoms. The molecule has 3 rings (SSSR count). The number of nitrogens with zero attached hydrogens (tertiary/aromatic N) is 2. The Morgan fingerprint density at radius 1 is 0.680 bits per heavy atom. The highest BCUT2D eigenvalue weighted by molar-refractivity contribution is 6.02. The molecule has 2 saturated heterocycles. The van der Waals surface area contributed by atoms with Crippen molar-refractivity contribution in [3.05, 3.63) is 0 Å². The fraction of sp³-hybridized carbons (Fsp3) is 0.600. The van der Waals surface area contributed by atoms with Crippen LogP contribution in [0.1, 0.15) is 44.9 Å². The summed E-state index contributed by atoms with van der Waals surface area (Å²) in [6.07, 6.45) is 1.06. The van der Waals surface area contributed by atoms with Crippen LogP contribution in [0, 0.1) is 11.8 Å². The summed E-state index contributed by atoms with van der Waals surface area (Å²) in [4.78, 5) is 80.2. The molecular weight excluding hydrogens is 336 g/mol. The van der Waals surface area contributed by atoms with Gasteiger partial charge >= 0.3 is 11.9 Å². The van der Waals surface area contributed by atoms with E-state index in [1.807, 2.05) is 0 Å². The van der Waals surface area contributed by atoms with E-state index in [9.17, 15) is 28.8 Å². The molecule has 0 aromatic rings. The molecule has 2 atom stereocenters. The number of rotatable bonds is 4. The van der Waals surface area contributed by atoms with Crippen molar-refractivity contribution in [1.82, 2.24) is 10.1 Å². The van der Waals surface area contributed by atoms with Crippen LogP contribution in [-0.2, 0) is 38.4 Å². The molecule has 10 nitrogen and oxygen atoms in total. The van der Waals surface area contributed by atoms with Crippen LogP contribution in [0.2, 0.25) is 0 Å². The minimum Gasteiger partial charge on any atom is -0.330 e. The first-order valence-corrected chi connectivity index (χ1v) is 8.03. The number of hydrogen-bond donors (Lipinski definition) is 0. The molecule has 0 aromatic heterocycles. The number of carbonyl (C=O) groups is 6. The van der Waals surface area contributed by atoms with E-state index in [2.05, 4.69) is 0 Å². The van der Waals surface area contributed by atoms with Crippen molar-refractivity contribution in [3.8, 4) is 0 Å². The van der Waals surface area contributed by atoms with Gasteiger partial charge in [-0.05, 0) is 12.8 Å². The van der Waals surface area contributed by atoms with E-state index in [0.29, 0.717) is 29.4 Å². The van der Waals surface area contributed by atoms with Gasteiger partial charge in [-0.1, -0.05) is 6.42 Å². The van der Waals surface area contributed by atoms with E-state index < -0.39 is 47.4 Å². The molecule has 0 bridgehead atoms. The largest absolute Gasteiger partial charge is 0.337 e. The quantitative estimate of drug-likeness (QED) is 0.626. The Morgan fingerprint density at radius 2 is 1.00 bits per heavy atom. The van der Waals surface area contributed by atoms with Gasteiger partial charge in [0.05, 0.1) is 11.8 Å². The summed E-state index contributed by atoms with van der Waals surface area (Å²) in [6, 6.07) is 0. The van der Waals surface area contributed by atoms with Crippen molar-refractivity contribution in [2.45, 2.75) is 44.9 Å². The summed E-state index contributed by atoms with van der Waals surface area (Å²) in [5, 5.41) is 0.854. The Labute approximate surface area is 141 Å². The molecule has 10 heteroatoms. The van der Waals surface area contributed by atoms with Gasteiger partial charge in [0.1, 0.15) is 0 Å². The highest BCUT2D eigenvalue weighted by atomic mass is 16.7. The fourth-order valence-corrected chi connectivity index (χ4v) is 3.16. The Kier molecular flexibility index (Phi) is 4.51. The maximum Gasteiger partial charge on any atom is 0.337 e. The molecule has 0 radical (unpaired) electrons. The van der Waals surface area contributed by atoms with E-state index in [4.69, 9.17) is 9.68 Å². The Balaban J connectivity index is 1.63. The second-order valence-electron chi connectivity index (χ2n) is 6.13. The van der Waals surface area contributed by atoms with Gasteiger partial charge in [0.2, 0.25) is 0 Å². The summed E-state index contributed by atoms with van der Waals surface area (Å²) in [6.45, 7) is 0. The van der Waals surface area contributed by atoms with Crippen molar-refractivity contribution >= 4 is 35.6 Å². The second-order valence-corrected chi connectivity index (χ2v) is 6.13. The van der Waals surface area contributed by atoms with Gasteiger partial charge in [0.25, 0.3) is 23.6 Å². The number of imide groups is 2. The lowest BCUT2D eigenvalue weighted by molar-refractivity contribution is -0.207. The predicted octanol–water partition coefficient (Wildman–Crippen LogP) is -0.383. The fourth-order valence-electron chi connectivity index (χ4n) is 3.16. The minimum absolute atomic E-state index is 0.0264. The van der Waals surface area contributed by atoms with E-state index in [1.165, 1.54) is 0 Å². The zero-order valence-corrected chi connectivity index (χ0v) is 13.3. The summed E-state index contributed by atoms with van der Waals surface area (Å²) in [5.41, 5.74) is 0. The van der Waals surface area contributed by atoms with Gasteiger partial charge in [-0.3, -0.25) is 19.2 Å². The van der Waals surface area contributed by atoms with Gasteiger partial charge in [-0.2, -0.15) is 0 Å². The van der Waals surface area contributed by atoms with Crippen molar-refractivity contribution in [2.75, 3.05) is 0 Å². The summed E-state index contributed by atoms with van der Waals surface area (Å²) in [7, 11) is 0. The van der Waals surface area contributed by atoms with Crippen molar-refractivity contribution < 1.29 is 38.4 Å². The highest BCUT2D eigenvalue weighted by Gasteiger charge is 2.45. The molecule has 0 spiro atoms. The minimum atomic E-state index is -0.901. The zero-order valence-electron chi connectivity index (χ0n) is 13.3. The smallest absolute Gasteiger partial charge is 0.330 e. The summed E-state index contributed by atoms with van der Waals surface area (Å²) >= 11 is 0. The average Bonchev–Trinajstić information content (AvgIpc) is 3.26. The summed E-state index contributed by atoms with van der Waals surface area (Å²) in [5.74, 6) is -5.98.